The molecule has 3 aromatic rings. The number of para-hydroxylation sites is 1. The Morgan fingerprint density at radius 1 is 0.962 bits per heavy atom. The molecule has 0 atom stereocenters. The number of aromatic nitrogens is 1. The molecule has 1 aromatic heterocycles. The van der Waals surface area contributed by atoms with Gasteiger partial charge < -0.3 is 5.32 Å². The first-order valence-electron chi connectivity index (χ1n) is 8.04. The second-order valence-corrected chi connectivity index (χ2v) is 6.82. The van der Waals surface area contributed by atoms with Gasteiger partial charge in [0.25, 0.3) is 5.91 Å². The number of hydrogen-bond donors (Lipinski definition) is 3. The monoisotopic (exact) mass is 360 g/mol. The Morgan fingerprint density at radius 3 is 2.65 bits per heavy atom. The van der Waals surface area contributed by atoms with Crippen LogP contribution in [0.3, 0.4) is 0 Å². The normalized spacial score (nSPS) is 11.5. The van der Waals surface area contributed by atoms with Gasteiger partial charge in [0.05, 0.1) is 22.6 Å². The molecule has 0 aliphatic carbocycles. The number of benzene rings is 2. The molecule has 128 valence electrons. The summed E-state index contributed by atoms with van der Waals surface area (Å²) >= 11 is 1.73. The summed E-state index contributed by atoms with van der Waals surface area (Å²) in [5.41, 5.74) is 9.59. The lowest BCUT2D eigenvalue weighted by atomic mass is 10.1. The lowest BCUT2D eigenvalue weighted by Gasteiger charge is -2.21. The molecule has 5 nitrogen and oxygen atoms in total. The van der Waals surface area contributed by atoms with E-state index in [0.29, 0.717) is 11.3 Å². The number of nitrogens with zero attached hydrogens (tertiary/aromatic N) is 1. The van der Waals surface area contributed by atoms with Crippen molar-refractivity contribution in [3.8, 4) is 0 Å². The predicted octanol–water partition coefficient (Wildman–Crippen LogP) is 4.20. The van der Waals surface area contributed by atoms with E-state index < -0.39 is 0 Å². The zero-order valence-corrected chi connectivity index (χ0v) is 14.6. The van der Waals surface area contributed by atoms with Gasteiger partial charge in [-0.25, -0.2) is 0 Å². The van der Waals surface area contributed by atoms with Gasteiger partial charge in [0.2, 0.25) is 0 Å². The average molecular weight is 360 g/mol. The molecule has 0 saturated carbocycles. The van der Waals surface area contributed by atoms with Crippen molar-refractivity contribution < 1.29 is 4.79 Å². The van der Waals surface area contributed by atoms with Crippen LogP contribution < -0.4 is 16.2 Å². The summed E-state index contributed by atoms with van der Waals surface area (Å²) < 4.78 is 0. The molecule has 2 heterocycles. The van der Waals surface area contributed by atoms with Crippen molar-refractivity contribution in [2.24, 2.45) is 0 Å². The van der Waals surface area contributed by atoms with Crippen LogP contribution >= 0.6 is 11.8 Å². The number of fused-ring (bicyclic) bond motifs is 2. The lowest BCUT2D eigenvalue weighted by molar-refractivity contribution is 0.0942. The zero-order chi connectivity index (χ0) is 17.9. The summed E-state index contributed by atoms with van der Waals surface area (Å²) in [7, 11) is 0. The summed E-state index contributed by atoms with van der Waals surface area (Å²) in [5, 5.41) is 3.44. The third-order valence-corrected chi connectivity index (χ3v) is 5.11. The highest BCUT2D eigenvalue weighted by Crippen LogP contribution is 2.44. The topological polar surface area (TPSA) is 66.0 Å². The molecule has 26 heavy (non-hydrogen) atoms. The van der Waals surface area contributed by atoms with E-state index in [1.807, 2.05) is 30.3 Å². The van der Waals surface area contributed by atoms with E-state index in [-0.39, 0.29) is 5.91 Å². The highest BCUT2D eigenvalue weighted by molar-refractivity contribution is 7.99. The Balaban J connectivity index is 1.46. The van der Waals surface area contributed by atoms with E-state index in [4.69, 9.17) is 0 Å². The fourth-order valence-corrected chi connectivity index (χ4v) is 3.57. The Hall–Kier alpha value is -3.25. The summed E-state index contributed by atoms with van der Waals surface area (Å²) in [6, 6.07) is 17.7. The van der Waals surface area contributed by atoms with Crippen LogP contribution in [0.25, 0.3) is 5.70 Å². The van der Waals surface area contributed by atoms with Gasteiger partial charge in [0, 0.05) is 27.7 Å². The molecular formula is C20H16N4OS. The first-order chi connectivity index (χ1) is 12.7. The third kappa shape index (κ3) is 3.27. The highest BCUT2D eigenvalue weighted by Gasteiger charge is 2.16. The molecule has 6 heteroatoms. The van der Waals surface area contributed by atoms with Crippen molar-refractivity contribution >= 4 is 34.7 Å². The van der Waals surface area contributed by atoms with Crippen LogP contribution in [0.4, 0.5) is 11.4 Å². The van der Waals surface area contributed by atoms with Gasteiger partial charge in [0.15, 0.2) is 0 Å². The van der Waals surface area contributed by atoms with Gasteiger partial charge in [-0.3, -0.25) is 20.6 Å². The lowest BCUT2D eigenvalue weighted by Crippen LogP contribution is -2.35. The van der Waals surface area contributed by atoms with Crippen molar-refractivity contribution in [1.29, 1.82) is 0 Å². The van der Waals surface area contributed by atoms with Crippen molar-refractivity contribution in [3.05, 3.63) is 84.7 Å². The maximum atomic E-state index is 12.1. The van der Waals surface area contributed by atoms with E-state index in [9.17, 15) is 4.79 Å². The maximum Gasteiger partial charge on any atom is 0.271 e. The fourth-order valence-electron chi connectivity index (χ4n) is 2.60. The van der Waals surface area contributed by atoms with Crippen LogP contribution in [-0.2, 0) is 0 Å². The summed E-state index contributed by atoms with van der Waals surface area (Å²) in [4.78, 5) is 18.4. The van der Waals surface area contributed by atoms with Crippen molar-refractivity contribution in [2.45, 2.75) is 9.79 Å². The SMILES string of the molecule is C=C(NNC(=O)c1cccnc1)c1ccc2c(c1)Nc1ccccc1S2. The molecule has 0 spiro atoms. The van der Waals surface area contributed by atoms with Gasteiger partial charge in [0.1, 0.15) is 0 Å². The van der Waals surface area contributed by atoms with Crippen LogP contribution in [0, 0.1) is 0 Å². The van der Waals surface area contributed by atoms with E-state index in [0.717, 1.165) is 21.8 Å². The van der Waals surface area contributed by atoms with Crippen LogP contribution in [-0.4, -0.2) is 10.9 Å². The number of hydrogen-bond acceptors (Lipinski definition) is 5. The van der Waals surface area contributed by atoms with Crippen LogP contribution in [0.5, 0.6) is 0 Å². The molecule has 1 amide bonds. The van der Waals surface area contributed by atoms with Crippen LogP contribution in [0.1, 0.15) is 15.9 Å². The number of carbonyl (C=O) groups is 1. The number of anilines is 2. The number of nitrogens with one attached hydrogen (secondary N) is 3. The number of amides is 1. The molecule has 0 radical (unpaired) electrons. The maximum absolute atomic E-state index is 12.1. The number of hydrazine groups is 1. The first-order valence-corrected chi connectivity index (χ1v) is 8.86. The second kappa shape index (κ2) is 6.93. The van der Waals surface area contributed by atoms with E-state index in [1.165, 1.54) is 11.1 Å². The van der Waals surface area contributed by atoms with E-state index in [2.05, 4.69) is 39.9 Å². The Bertz CT molecular complexity index is 988. The second-order valence-electron chi connectivity index (χ2n) is 5.73. The Kier molecular flexibility index (Phi) is 4.33. The van der Waals surface area contributed by atoms with Crippen molar-refractivity contribution in [1.82, 2.24) is 15.8 Å². The summed E-state index contributed by atoms with van der Waals surface area (Å²) in [6.45, 7) is 4.01. The number of rotatable bonds is 4. The quantitative estimate of drug-likeness (QED) is 0.476. The molecule has 0 saturated heterocycles. The van der Waals surface area contributed by atoms with Crippen LogP contribution in [0.15, 0.2) is 83.4 Å². The van der Waals surface area contributed by atoms with Gasteiger partial charge in [-0.2, -0.15) is 0 Å². The summed E-state index contributed by atoms with van der Waals surface area (Å²) in [6.07, 6.45) is 3.14. The molecule has 4 rings (SSSR count). The van der Waals surface area contributed by atoms with E-state index >= 15 is 0 Å². The van der Waals surface area contributed by atoms with Gasteiger partial charge in [-0.1, -0.05) is 36.5 Å². The molecule has 0 bridgehead atoms. The minimum Gasteiger partial charge on any atom is -0.354 e. The number of pyridine rings is 1. The van der Waals surface area contributed by atoms with Gasteiger partial charge >= 0.3 is 0 Å². The largest absolute Gasteiger partial charge is 0.354 e. The smallest absolute Gasteiger partial charge is 0.271 e. The average Bonchev–Trinajstić information content (AvgIpc) is 2.70. The molecule has 3 N–H and O–H groups in total. The molecule has 1 aliphatic rings. The first kappa shape index (κ1) is 16.2. The molecule has 2 aromatic carbocycles. The van der Waals surface area contributed by atoms with E-state index in [1.54, 1.807) is 30.1 Å². The number of carbonyl (C=O) groups excluding carboxylic acids is 1. The molecule has 0 unspecified atom stereocenters. The van der Waals surface area contributed by atoms with Gasteiger partial charge in [-0.15, -0.1) is 0 Å². The molecular weight excluding hydrogens is 344 g/mol. The fraction of sp³-hybridized carbons (Fsp3) is 0. The minimum absolute atomic E-state index is 0.264. The van der Waals surface area contributed by atoms with Gasteiger partial charge in [-0.05, 0) is 36.4 Å². The molecule has 1 aliphatic heterocycles. The van der Waals surface area contributed by atoms with Crippen LogP contribution in [0.2, 0.25) is 0 Å². The third-order valence-electron chi connectivity index (χ3n) is 3.95. The highest BCUT2D eigenvalue weighted by atomic mass is 32.2. The predicted molar refractivity (Wildman–Crippen MR) is 104 cm³/mol. The minimum atomic E-state index is -0.264. The van der Waals surface area contributed by atoms with Crippen molar-refractivity contribution in [2.75, 3.05) is 5.32 Å². The Morgan fingerprint density at radius 2 is 1.81 bits per heavy atom. The Labute approximate surface area is 155 Å². The van der Waals surface area contributed by atoms with Crippen molar-refractivity contribution in [3.63, 3.8) is 0 Å². The molecule has 0 fully saturated rings. The summed E-state index contributed by atoms with van der Waals surface area (Å²) in [5.74, 6) is -0.264. The zero-order valence-electron chi connectivity index (χ0n) is 13.8. The standard InChI is InChI=1S/C20H16N4OS/c1-13(23-24-20(25)15-5-4-10-21-12-15)14-8-9-19-17(11-14)22-16-6-2-3-7-18(16)26-19/h2-12,22-23H,1H2,(H,24,25).